The summed E-state index contributed by atoms with van der Waals surface area (Å²) in [6, 6.07) is 3.28. The van der Waals surface area contributed by atoms with Crippen molar-refractivity contribution >= 4 is 11.3 Å². The van der Waals surface area contributed by atoms with Crippen molar-refractivity contribution in [2.45, 2.75) is 65.1 Å². The quantitative estimate of drug-likeness (QED) is 0.721. The van der Waals surface area contributed by atoms with Crippen LogP contribution in [-0.4, -0.2) is 23.5 Å². The molecule has 2 unspecified atom stereocenters. The van der Waals surface area contributed by atoms with Crippen LogP contribution < -0.4 is 5.73 Å². The minimum absolute atomic E-state index is 0.170. The fourth-order valence-corrected chi connectivity index (χ4v) is 3.19. The first-order chi connectivity index (χ1) is 8.57. The van der Waals surface area contributed by atoms with E-state index >= 15 is 0 Å². The predicted octanol–water partition coefficient (Wildman–Crippen LogP) is 4.04. The van der Waals surface area contributed by atoms with Gasteiger partial charge in [0.25, 0.3) is 0 Å². The summed E-state index contributed by atoms with van der Waals surface area (Å²) in [5.41, 5.74) is 7.61. The molecule has 0 saturated carbocycles. The van der Waals surface area contributed by atoms with Crippen LogP contribution in [0.25, 0.3) is 0 Å². The fourth-order valence-electron chi connectivity index (χ4n) is 2.50. The number of rotatable bonds is 8. The molecular formula is C15H28N2S. The molecule has 0 aromatic carbocycles. The van der Waals surface area contributed by atoms with Gasteiger partial charge in [-0.1, -0.05) is 19.8 Å². The van der Waals surface area contributed by atoms with Crippen LogP contribution in [0, 0.1) is 0 Å². The summed E-state index contributed by atoms with van der Waals surface area (Å²) in [6.45, 7) is 10.1. The molecule has 1 aromatic heterocycles. The molecule has 0 saturated heterocycles. The molecule has 104 valence electrons. The van der Waals surface area contributed by atoms with E-state index in [0.29, 0.717) is 12.1 Å². The van der Waals surface area contributed by atoms with Crippen molar-refractivity contribution in [3.8, 4) is 0 Å². The molecule has 0 aliphatic carbocycles. The highest BCUT2D eigenvalue weighted by Gasteiger charge is 2.25. The number of unbranched alkanes of at least 4 members (excludes halogenated alkanes) is 2. The summed E-state index contributed by atoms with van der Waals surface area (Å²) in [7, 11) is 0. The Morgan fingerprint density at radius 3 is 2.44 bits per heavy atom. The minimum atomic E-state index is 0.170. The molecule has 2 nitrogen and oxygen atoms in total. The Labute approximate surface area is 116 Å². The lowest BCUT2D eigenvalue weighted by Crippen LogP contribution is -2.43. The maximum atomic E-state index is 6.23. The summed E-state index contributed by atoms with van der Waals surface area (Å²) in [6.07, 6.45) is 3.84. The van der Waals surface area contributed by atoms with E-state index in [4.69, 9.17) is 5.73 Å². The van der Waals surface area contributed by atoms with Crippen LogP contribution in [0.3, 0.4) is 0 Å². The molecule has 0 amide bonds. The number of hydrogen-bond donors (Lipinski definition) is 1. The van der Waals surface area contributed by atoms with Gasteiger partial charge in [0.15, 0.2) is 0 Å². The van der Waals surface area contributed by atoms with E-state index in [1.807, 2.05) is 0 Å². The van der Waals surface area contributed by atoms with E-state index in [9.17, 15) is 0 Å². The van der Waals surface area contributed by atoms with Gasteiger partial charge in [0.2, 0.25) is 0 Å². The normalized spacial score (nSPS) is 15.3. The molecular weight excluding hydrogens is 240 g/mol. The molecule has 18 heavy (non-hydrogen) atoms. The maximum Gasteiger partial charge on any atom is 0.0507 e. The molecule has 1 heterocycles. The van der Waals surface area contributed by atoms with Gasteiger partial charge in [0.1, 0.15) is 0 Å². The van der Waals surface area contributed by atoms with Gasteiger partial charge in [0.05, 0.1) is 6.04 Å². The Balaban J connectivity index is 2.78. The zero-order chi connectivity index (χ0) is 13.5. The molecule has 2 atom stereocenters. The van der Waals surface area contributed by atoms with E-state index < -0.39 is 0 Å². The van der Waals surface area contributed by atoms with Crippen molar-refractivity contribution in [1.82, 2.24) is 4.90 Å². The van der Waals surface area contributed by atoms with E-state index in [0.717, 1.165) is 6.54 Å². The van der Waals surface area contributed by atoms with Crippen molar-refractivity contribution < 1.29 is 0 Å². The summed E-state index contributed by atoms with van der Waals surface area (Å²) in [5, 5.41) is 4.39. The second-order valence-electron chi connectivity index (χ2n) is 5.40. The zero-order valence-electron chi connectivity index (χ0n) is 12.2. The van der Waals surface area contributed by atoms with E-state index in [-0.39, 0.29) is 6.04 Å². The van der Waals surface area contributed by atoms with E-state index in [1.165, 1.54) is 24.8 Å². The maximum absolute atomic E-state index is 6.23. The molecule has 0 bridgehead atoms. The van der Waals surface area contributed by atoms with Crippen molar-refractivity contribution in [3.63, 3.8) is 0 Å². The fraction of sp³-hybridized carbons (Fsp3) is 0.733. The van der Waals surface area contributed by atoms with Crippen LogP contribution in [-0.2, 0) is 0 Å². The van der Waals surface area contributed by atoms with Gasteiger partial charge in [-0.3, -0.25) is 4.90 Å². The lowest BCUT2D eigenvalue weighted by Gasteiger charge is -2.37. The summed E-state index contributed by atoms with van der Waals surface area (Å²) in [4.78, 5) is 2.56. The Kier molecular flexibility index (Phi) is 6.90. The Bertz CT molecular complexity index is 306. The molecule has 1 rings (SSSR count). The second kappa shape index (κ2) is 7.93. The average molecular weight is 268 g/mol. The molecule has 0 fully saturated rings. The molecule has 0 radical (unpaired) electrons. The first-order valence-corrected chi connectivity index (χ1v) is 8.05. The zero-order valence-corrected chi connectivity index (χ0v) is 13.0. The largest absolute Gasteiger partial charge is 0.326 e. The van der Waals surface area contributed by atoms with Crippen molar-refractivity contribution in [1.29, 1.82) is 0 Å². The monoisotopic (exact) mass is 268 g/mol. The predicted molar refractivity (Wildman–Crippen MR) is 82.1 cm³/mol. The third kappa shape index (κ3) is 4.38. The standard InChI is InChI=1S/C15H28N2S/c1-5-6-7-9-17(12(2)3)15(13(4)16)14-8-10-18-11-14/h8,10-13,15H,5-7,9,16H2,1-4H3. The van der Waals surface area contributed by atoms with Crippen LogP contribution in [0.15, 0.2) is 16.8 Å². The third-order valence-electron chi connectivity index (χ3n) is 3.42. The highest BCUT2D eigenvalue weighted by Crippen LogP contribution is 2.27. The second-order valence-corrected chi connectivity index (χ2v) is 6.18. The first-order valence-electron chi connectivity index (χ1n) is 7.11. The van der Waals surface area contributed by atoms with Gasteiger partial charge < -0.3 is 5.73 Å². The van der Waals surface area contributed by atoms with Gasteiger partial charge in [0, 0.05) is 12.1 Å². The molecule has 2 N–H and O–H groups in total. The molecule has 0 aliphatic heterocycles. The van der Waals surface area contributed by atoms with Crippen molar-refractivity contribution in [2.24, 2.45) is 5.73 Å². The number of thiophene rings is 1. The Hall–Kier alpha value is -0.380. The van der Waals surface area contributed by atoms with Crippen molar-refractivity contribution in [3.05, 3.63) is 22.4 Å². The first kappa shape index (κ1) is 15.7. The third-order valence-corrected chi connectivity index (χ3v) is 4.12. The summed E-state index contributed by atoms with van der Waals surface area (Å²) in [5.74, 6) is 0. The topological polar surface area (TPSA) is 29.3 Å². The van der Waals surface area contributed by atoms with Gasteiger partial charge in [-0.15, -0.1) is 0 Å². The lowest BCUT2D eigenvalue weighted by atomic mass is 10.00. The smallest absolute Gasteiger partial charge is 0.0507 e. The van der Waals surface area contributed by atoms with Crippen molar-refractivity contribution in [2.75, 3.05) is 6.54 Å². The molecule has 0 spiro atoms. The van der Waals surface area contributed by atoms with Crippen LogP contribution in [0.5, 0.6) is 0 Å². The van der Waals surface area contributed by atoms with E-state index in [2.05, 4.69) is 49.4 Å². The molecule has 0 aliphatic rings. The average Bonchev–Trinajstić information content (AvgIpc) is 2.80. The minimum Gasteiger partial charge on any atom is -0.326 e. The van der Waals surface area contributed by atoms with Crippen LogP contribution in [0.4, 0.5) is 0 Å². The van der Waals surface area contributed by atoms with Gasteiger partial charge in [-0.05, 0) is 56.1 Å². The SMILES string of the molecule is CCCCCN(C(C)C)C(c1ccsc1)C(C)N. The highest BCUT2D eigenvalue weighted by molar-refractivity contribution is 7.07. The summed E-state index contributed by atoms with van der Waals surface area (Å²) >= 11 is 1.76. The van der Waals surface area contributed by atoms with E-state index in [1.54, 1.807) is 11.3 Å². The number of nitrogens with zero attached hydrogens (tertiary/aromatic N) is 1. The number of hydrogen-bond acceptors (Lipinski definition) is 3. The lowest BCUT2D eigenvalue weighted by molar-refractivity contribution is 0.133. The van der Waals surface area contributed by atoms with Crippen LogP contribution in [0.2, 0.25) is 0 Å². The highest BCUT2D eigenvalue weighted by atomic mass is 32.1. The Morgan fingerprint density at radius 1 is 1.28 bits per heavy atom. The molecule has 1 aromatic rings. The van der Waals surface area contributed by atoms with Crippen LogP contribution in [0.1, 0.15) is 58.6 Å². The van der Waals surface area contributed by atoms with Gasteiger partial charge in [-0.25, -0.2) is 0 Å². The summed E-state index contributed by atoms with van der Waals surface area (Å²) < 4.78 is 0. The molecule has 3 heteroatoms. The van der Waals surface area contributed by atoms with Gasteiger partial charge in [-0.2, -0.15) is 11.3 Å². The number of nitrogens with two attached hydrogens (primary N) is 1. The Morgan fingerprint density at radius 2 is 2.00 bits per heavy atom. The van der Waals surface area contributed by atoms with Crippen LogP contribution >= 0.6 is 11.3 Å². The van der Waals surface area contributed by atoms with Gasteiger partial charge >= 0.3 is 0 Å².